The molecule has 0 saturated carbocycles. The summed E-state index contributed by atoms with van der Waals surface area (Å²) < 4.78 is 0.918. The monoisotopic (exact) mass is 260 g/mol. The summed E-state index contributed by atoms with van der Waals surface area (Å²) >= 11 is 4.39. The van der Waals surface area contributed by atoms with Gasteiger partial charge in [-0.05, 0) is 42.6 Å². The fourth-order valence-electron chi connectivity index (χ4n) is 2.14. The van der Waals surface area contributed by atoms with E-state index < -0.39 is 0 Å². The van der Waals surface area contributed by atoms with Crippen LogP contribution in [0.15, 0.2) is 0 Å². The van der Waals surface area contributed by atoms with Crippen molar-refractivity contribution in [1.29, 1.82) is 0 Å². The van der Waals surface area contributed by atoms with Crippen molar-refractivity contribution in [2.45, 2.75) is 63.9 Å². The summed E-state index contributed by atoms with van der Waals surface area (Å²) in [4.78, 5) is 0. The molecule has 16 heavy (non-hydrogen) atoms. The number of hydrogen-bond acceptors (Lipinski definition) is 2. The van der Waals surface area contributed by atoms with E-state index in [1.807, 2.05) is 0 Å². The number of thioether (sulfide) groups is 2. The zero-order chi connectivity index (χ0) is 11.8. The van der Waals surface area contributed by atoms with Crippen LogP contribution >= 0.6 is 23.5 Å². The van der Waals surface area contributed by atoms with Gasteiger partial charge >= 0.3 is 0 Å². The molecule has 0 radical (unpaired) electrons. The first-order valence-electron chi connectivity index (χ1n) is 6.91. The molecule has 1 heterocycles. The first-order valence-corrected chi connectivity index (χ1v) is 9.01. The van der Waals surface area contributed by atoms with E-state index in [1.54, 1.807) is 0 Å². The molecule has 0 amide bonds. The Morgan fingerprint density at radius 3 is 2.31 bits per heavy atom. The highest BCUT2D eigenvalue weighted by Crippen LogP contribution is 2.34. The minimum atomic E-state index is 0.886. The van der Waals surface area contributed by atoms with Crippen molar-refractivity contribution < 1.29 is 0 Å². The van der Waals surface area contributed by atoms with Gasteiger partial charge in [0.25, 0.3) is 0 Å². The van der Waals surface area contributed by atoms with E-state index in [4.69, 9.17) is 0 Å². The van der Waals surface area contributed by atoms with E-state index in [2.05, 4.69) is 44.3 Å². The third kappa shape index (κ3) is 7.11. The number of hydrogen-bond donors (Lipinski definition) is 0. The molecule has 0 N–H and O–H groups in total. The summed E-state index contributed by atoms with van der Waals surface area (Å²) in [5.41, 5.74) is 0. The fourth-order valence-corrected chi connectivity index (χ4v) is 5.04. The van der Waals surface area contributed by atoms with E-state index in [0.717, 1.165) is 16.4 Å². The summed E-state index contributed by atoms with van der Waals surface area (Å²) in [6.07, 6.45) is 8.61. The molecule has 0 bridgehead atoms. The molecule has 1 aliphatic heterocycles. The highest BCUT2D eigenvalue weighted by Gasteiger charge is 2.15. The second kappa shape index (κ2) is 8.74. The minimum Gasteiger partial charge on any atom is -0.148 e. The highest BCUT2D eigenvalue weighted by molar-refractivity contribution is 8.17. The predicted octanol–water partition coefficient (Wildman–Crippen LogP) is 5.43. The smallest absolute Gasteiger partial charge is 0.0502 e. The number of rotatable bonds is 7. The van der Waals surface area contributed by atoms with Crippen molar-refractivity contribution in [1.82, 2.24) is 0 Å². The summed E-state index contributed by atoms with van der Waals surface area (Å²) in [5, 5.41) is 0. The molecule has 2 heteroatoms. The quantitative estimate of drug-likeness (QED) is 0.599. The Morgan fingerprint density at radius 1 is 1.00 bits per heavy atom. The molecule has 1 fully saturated rings. The molecular formula is C14H28S2. The largest absolute Gasteiger partial charge is 0.148 e. The van der Waals surface area contributed by atoms with Gasteiger partial charge in [-0.3, -0.25) is 0 Å². The van der Waals surface area contributed by atoms with Gasteiger partial charge in [-0.25, -0.2) is 0 Å². The van der Waals surface area contributed by atoms with Crippen LogP contribution in [0.5, 0.6) is 0 Å². The Morgan fingerprint density at radius 2 is 1.69 bits per heavy atom. The first kappa shape index (κ1) is 14.8. The van der Waals surface area contributed by atoms with Gasteiger partial charge < -0.3 is 0 Å². The van der Waals surface area contributed by atoms with Gasteiger partial charge in [-0.1, -0.05) is 40.0 Å². The first-order chi connectivity index (χ1) is 7.68. The molecule has 1 atom stereocenters. The van der Waals surface area contributed by atoms with Crippen LogP contribution in [0.4, 0.5) is 0 Å². The van der Waals surface area contributed by atoms with E-state index in [1.165, 1.54) is 50.0 Å². The normalized spacial score (nSPS) is 20.2. The Balaban J connectivity index is 1.98. The standard InChI is InChI=1S/C14H28S2/c1-12(2)6-4-7-13(3)8-9-14-15-10-5-11-16-14/h12-14H,4-11H2,1-3H3. The van der Waals surface area contributed by atoms with Gasteiger partial charge in [0.2, 0.25) is 0 Å². The average Bonchev–Trinajstić information content (AvgIpc) is 2.27. The molecule has 1 rings (SSSR count). The van der Waals surface area contributed by atoms with Crippen LogP contribution < -0.4 is 0 Å². The van der Waals surface area contributed by atoms with E-state index in [-0.39, 0.29) is 0 Å². The Kier molecular flexibility index (Phi) is 8.06. The highest BCUT2D eigenvalue weighted by atomic mass is 32.2. The van der Waals surface area contributed by atoms with E-state index >= 15 is 0 Å². The zero-order valence-electron chi connectivity index (χ0n) is 11.2. The topological polar surface area (TPSA) is 0 Å². The lowest BCUT2D eigenvalue weighted by Crippen LogP contribution is -2.08. The van der Waals surface area contributed by atoms with Crippen molar-refractivity contribution in [3.63, 3.8) is 0 Å². The molecule has 1 unspecified atom stereocenters. The van der Waals surface area contributed by atoms with Crippen LogP contribution in [-0.4, -0.2) is 16.1 Å². The third-order valence-corrected chi connectivity index (χ3v) is 6.35. The summed E-state index contributed by atoms with van der Waals surface area (Å²) in [7, 11) is 0. The Bertz CT molecular complexity index is 162. The lowest BCUT2D eigenvalue weighted by atomic mass is 9.96. The van der Waals surface area contributed by atoms with Gasteiger partial charge in [0.05, 0.1) is 4.58 Å². The maximum atomic E-state index is 2.44. The fraction of sp³-hybridized carbons (Fsp3) is 1.00. The zero-order valence-corrected chi connectivity index (χ0v) is 12.8. The van der Waals surface area contributed by atoms with E-state index in [9.17, 15) is 0 Å². The van der Waals surface area contributed by atoms with Gasteiger partial charge in [0, 0.05) is 0 Å². The summed E-state index contributed by atoms with van der Waals surface area (Å²) in [6.45, 7) is 7.11. The molecule has 0 nitrogen and oxygen atoms in total. The summed E-state index contributed by atoms with van der Waals surface area (Å²) in [6, 6.07) is 0. The molecule has 0 aromatic carbocycles. The minimum absolute atomic E-state index is 0.886. The lowest BCUT2D eigenvalue weighted by Gasteiger charge is -2.22. The van der Waals surface area contributed by atoms with Crippen molar-refractivity contribution in [3.05, 3.63) is 0 Å². The Labute approximate surface area is 111 Å². The molecule has 0 aromatic heterocycles. The third-order valence-electron chi connectivity index (χ3n) is 3.27. The van der Waals surface area contributed by atoms with Crippen molar-refractivity contribution in [2.24, 2.45) is 11.8 Å². The van der Waals surface area contributed by atoms with Crippen molar-refractivity contribution in [3.8, 4) is 0 Å². The van der Waals surface area contributed by atoms with Crippen LogP contribution in [0.25, 0.3) is 0 Å². The SMILES string of the molecule is CC(C)CCCC(C)CCC1SCCCS1. The molecule has 96 valence electrons. The van der Waals surface area contributed by atoms with Crippen molar-refractivity contribution in [2.75, 3.05) is 11.5 Å². The van der Waals surface area contributed by atoms with Gasteiger partial charge in [0.1, 0.15) is 0 Å². The maximum Gasteiger partial charge on any atom is 0.0502 e. The second-order valence-corrected chi connectivity index (χ2v) is 8.45. The van der Waals surface area contributed by atoms with Crippen LogP contribution in [0.3, 0.4) is 0 Å². The molecule has 1 aliphatic rings. The van der Waals surface area contributed by atoms with Crippen LogP contribution in [0, 0.1) is 11.8 Å². The van der Waals surface area contributed by atoms with Gasteiger partial charge in [0.15, 0.2) is 0 Å². The maximum absolute atomic E-state index is 2.44. The molecule has 1 saturated heterocycles. The van der Waals surface area contributed by atoms with Crippen molar-refractivity contribution >= 4 is 23.5 Å². The predicted molar refractivity (Wildman–Crippen MR) is 80.4 cm³/mol. The average molecular weight is 261 g/mol. The van der Waals surface area contributed by atoms with Gasteiger partial charge in [-0.2, -0.15) is 0 Å². The van der Waals surface area contributed by atoms with Crippen LogP contribution in [-0.2, 0) is 0 Å². The molecular weight excluding hydrogens is 232 g/mol. The molecule has 0 spiro atoms. The Hall–Kier alpha value is 0.700. The second-order valence-electron chi connectivity index (χ2n) is 5.53. The van der Waals surface area contributed by atoms with Crippen LogP contribution in [0.2, 0.25) is 0 Å². The van der Waals surface area contributed by atoms with Crippen LogP contribution in [0.1, 0.15) is 59.3 Å². The van der Waals surface area contributed by atoms with Gasteiger partial charge in [-0.15, -0.1) is 23.5 Å². The lowest BCUT2D eigenvalue weighted by molar-refractivity contribution is 0.432. The van der Waals surface area contributed by atoms with E-state index in [0.29, 0.717) is 0 Å². The molecule has 0 aromatic rings. The molecule has 0 aliphatic carbocycles. The summed E-state index contributed by atoms with van der Waals surface area (Å²) in [5.74, 6) is 4.64.